The Hall–Kier alpha value is -2.59. The second-order valence-corrected chi connectivity index (χ2v) is 6.92. The number of carbonyl (C=O) groups excluding carboxylic acids is 1. The van der Waals surface area contributed by atoms with Gasteiger partial charge in [0.2, 0.25) is 5.91 Å². The molecule has 0 aliphatic rings. The summed E-state index contributed by atoms with van der Waals surface area (Å²) in [6, 6.07) is 15.8. The third kappa shape index (κ3) is 4.73. The van der Waals surface area contributed by atoms with Crippen LogP contribution < -0.4 is 5.32 Å². The van der Waals surface area contributed by atoms with Gasteiger partial charge in [0.1, 0.15) is 5.82 Å². The highest BCUT2D eigenvalue weighted by atomic mass is 35.5. The smallest absolute Gasteiger partial charge is 0.225 e. The molecular formula is C21H22ClN3O. The van der Waals surface area contributed by atoms with Crippen LogP contribution in [-0.4, -0.2) is 15.7 Å². The predicted octanol–water partition coefficient (Wildman–Crippen LogP) is 4.77. The molecule has 3 rings (SSSR count). The minimum atomic E-state index is -0.0113. The molecule has 0 saturated heterocycles. The zero-order valence-corrected chi connectivity index (χ0v) is 15.8. The SMILES string of the molecule is Cc1ccc(CCC(=O)Nc2ccnn2Cc2ccc(Cl)cc2)c(C)c1. The van der Waals surface area contributed by atoms with Gasteiger partial charge >= 0.3 is 0 Å². The highest BCUT2D eigenvalue weighted by Crippen LogP contribution is 2.15. The molecule has 4 nitrogen and oxygen atoms in total. The molecule has 0 spiro atoms. The van der Waals surface area contributed by atoms with Crippen LogP contribution in [0.4, 0.5) is 5.82 Å². The van der Waals surface area contributed by atoms with Gasteiger partial charge in [0.15, 0.2) is 0 Å². The van der Waals surface area contributed by atoms with Crippen molar-refractivity contribution in [2.45, 2.75) is 33.2 Å². The van der Waals surface area contributed by atoms with Crippen LogP contribution in [0.3, 0.4) is 0 Å². The molecule has 0 atom stereocenters. The Morgan fingerprint density at radius 1 is 1.12 bits per heavy atom. The van der Waals surface area contributed by atoms with Crippen LogP contribution in [0.25, 0.3) is 0 Å². The van der Waals surface area contributed by atoms with E-state index in [-0.39, 0.29) is 5.91 Å². The third-order valence-corrected chi connectivity index (χ3v) is 4.60. The molecule has 0 fully saturated rings. The lowest BCUT2D eigenvalue weighted by atomic mass is 10.0. The fourth-order valence-electron chi connectivity index (χ4n) is 2.91. The molecule has 1 N–H and O–H groups in total. The van der Waals surface area contributed by atoms with Crippen molar-refractivity contribution in [1.82, 2.24) is 9.78 Å². The first-order valence-electron chi connectivity index (χ1n) is 8.63. The second kappa shape index (κ2) is 8.19. The summed E-state index contributed by atoms with van der Waals surface area (Å²) in [6.07, 6.45) is 2.86. The summed E-state index contributed by atoms with van der Waals surface area (Å²) in [4.78, 5) is 12.3. The Balaban J connectivity index is 1.59. The monoisotopic (exact) mass is 367 g/mol. The van der Waals surface area contributed by atoms with Gasteiger partial charge in [-0.1, -0.05) is 47.5 Å². The summed E-state index contributed by atoms with van der Waals surface area (Å²) in [7, 11) is 0. The Kier molecular flexibility index (Phi) is 5.74. The highest BCUT2D eigenvalue weighted by molar-refractivity contribution is 6.30. The van der Waals surface area contributed by atoms with Gasteiger partial charge in [0.05, 0.1) is 12.7 Å². The molecule has 5 heteroatoms. The lowest BCUT2D eigenvalue weighted by Gasteiger charge is -2.10. The van der Waals surface area contributed by atoms with Crippen molar-refractivity contribution < 1.29 is 4.79 Å². The number of halogens is 1. The number of amides is 1. The van der Waals surface area contributed by atoms with Gasteiger partial charge in [-0.15, -0.1) is 0 Å². The molecule has 0 unspecified atom stereocenters. The van der Waals surface area contributed by atoms with E-state index in [1.807, 2.05) is 30.3 Å². The Bertz CT molecular complexity index is 900. The topological polar surface area (TPSA) is 46.9 Å². The summed E-state index contributed by atoms with van der Waals surface area (Å²) in [5.41, 5.74) is 4.75. The first-order chi connectivity index (χ1) is 12.5. The number of hydrogen-bond acceptors (Lipinski definition) is 2. The molecular weight excluding hydrogens is 346 g/mol. The summed E-state index contributed by atoms with van der Waals surface area (Å²) in [6.45, 7) is 4.74. The minimum absolute atomic E-state index is 0.0113. The molecule has 0 radical (unpaired) electrons. The van der Waals surface area contributed by atoms with Crippen molar-refractivity contribution in [1.29, 1.82) is 0 Å². The number of anilines is 1. The molecule has 0 aliphatic heterocycles. The molecule has 26 heavy (non-hydrogen) atoms. The number of carbonyl (C=O) groups is 1. The van der Waals surface area contributed by atoms with Gasteiger partial charge in [-0.2, -0.15) is 5.10 Å². The van der Waals surface area contributed by atoms with Crippen LogP contribution in [-0.2, 0) is 17.8 Å². The number of nitrogens with one attached hydrogen (secondary N) is 1. The van der Waals surface area contributed by atoms with Crippen molar-refractivity contribution in [3.63, 3.8) is 0 Å². The van der Waals surface area contributed by atoms with Gasteiger partial charge in [-0.25, -0.2) is 4.68 Å². The summed E-state index contributed by atoms with van der Waals surface area (Å²) >= 11 is 5.92. The molecule has 1 heterocycles. The van der Waals surface area contributed by atoms with Crippen LogP contribution in [0.15, 0.2) is 54.7 Å². The number of benzene rings is 2. The van der Waals surface area contributed by atoms with E-state index in [9.17, 15) is 4.79 Å². The van der Waals surface area contributed by atoms with E-state index < -0.39 is 0 Å². The van der Waals surface area contributed by atoms with Crippen LogP contribution in [0.2, 0.25) is 5.02 Å². The maximum atomic E-state index is 12.3. The largest absolute Gasteiger partial charge is 0.311 e. The molecule has 2 aromatic carbocycles. The van der Waals surface area contributed by atoms with Crippen LogP contribution >= 0.6 is 11.6 Å². The molecule has 1 aromatic heterocycles. The van der Waals surface area contributed by atoms with Crippen LogP contribution in [0, 0.1) is 13.8 Å². The fraction of sp³-hybridized carbons (Fsp3) is 0.238. The van der Waals surface area contributed by atoms with Gasteiger partial charge in [-0.3, -0.25) is 4.79 Å². The maximum absolute atomic E-state index is 12.3. The molecule has 0 aliphatic carbocycles. The van der Waals surface area contributed by atoms with Crippen molar-refractivity contribution in [3.8, 4) is 0 Å². The normalized spacial score (nSPS) is 10.7. The lowest BCUT2D eigenvalue weighted by Crippen LogP contribution is -2.16. The molecule has 0 bridgehead atoms. The van der Waals surface area contributed by atoms with Crippen LogP contribution in [0.5, 0.6) is 0 Å². The zero-order chi connectivity index (χ0) is 18.5. The Labute approximate surface area is 158 Å². The quantitative estimate of drug-likeness (QED) is 0.682. The molecule has 0 saturated carbocycles. The van der Waals surface area contributed by atoms with Crippen molar-refractivity contribution in [3.05, 3.63) is 82.0 Å². The van der Waals surface area contributed by atoms with E-state index in [2.05, 4.69) is 42.5 Å². The lowest BCUT2D eigenvalue weighted by molar-refractivity contribution is -0.116. The average molecular weight is 368 g/mol. The van der Waals surface area contributed by atoms with Gasteiger partial charge in [-0.05, 0) is 49.1 Å². The van der Waals surface area contributed by atoms with E-state index in [0.29, 0.717) is 23.8 Å². The van der Waals surface area contributed by atoms with E-state index in [0.717, 1.165) is 12.0 Å². The number of rotatable bonds is 6. The Morgan fingerprint density at radius 2 is 1.88 bits per heavy atom. The molecule has 1 amide bonds. The standard InChI is InChI=1S/C21H22ClN3O/c1-15-3-6-18(16(2)13-15)7-10-21(26)24-20-11-12-23-25(20)14-17-4-8-19(22)9-5-17/h3-6,8-9,11-13H,7,10,14H2,1-2H3,(H,24,26). The molecule has 3 aromatic rings. The van der Waals surface area contributed by atoms with E-state index in [1.54, 1.807) is 10.9 Å². The number of aromatic nitrogens is 2. The predicted molar refractivity (Wildman–Crippen MR) is 106 cm³/mol. The minimum Gasteiger partial charge on any atom is -0.311 e. The number of nitrogens with zero attached hydrogens (tertiary/aromatic N) is 2. The van der Waals surface area contributed by atoms with Gasteiger partial charge in [0.25, 0.3) is 0 Å². The van der Waals surface area contributed by atoms with Gasteiger partial charge < -0.3 is 5.32 Å². The summed E-state index contributed by atoms with van der Waals surface area (Å²) in [5.74, 6) is 0.688. The van der Waals surface area contributed by atoms with E-state index >= 15 is 0 Å². The second-order valence-electron chi connectivity index (χ2n) is 6.48. The third-order valence-electron chi connectivity index (χ3n) is 4.35. The van der Waals surface area contributed by atoms with Crippen LogP contribution in [0.1, 0.15) is 28.7 Å². The molecule has 134 valence electrons. The first kappa shape index (κ1) is 18.2. The average Bonchev–Trinajstić information content (AvgIpc) is 3.03. The van der Waals surface area contributed by atoms with Crippen molar-refractivity contribution in [2.24, 2.45) is 0 Å². The first-order valence-corrected chi connectivity index (χ1v) is 9.01. The summed E-state index contributed by atoms with van der Waals surface area (Å²) < 4.78 is 1.78. The maximum Gasteiger partial charge on any atom is 0.225 e. The Morgan fingerprint density at radius 3 is 2.62 bits per heavy atom. The highest BCUT2D eigenvalue weighted by Gasteiger charge is 2.09. The number of aryl methyl sites for hydroxylation is 3. The number of hydrogen-bond donors (Lipinski definition) is 1. The van der Waals surface area contributed by atoms with Gasteiger partial charge in [0, 0.05) is 17.5 Å². The summed E-state index contributed by atoms with van der Waals surface area (Å²) in [5, 5.41) is 7.96. The fourth-order valence-corrected chi connectivity index (χ4v) is 3.03. The van der Waals surface area contributed by atoms with Crippen molar-refractivity contribution >= 4 is 23.3 Å². The van der Waals surface area contributed by atoms with E-state index in [1.165, 1.54) is 16.7 Å². The van der Waals surface area contributed by atoms with Crippen molar-refractivity contribution in [2.75, 3.05) is 5.32 Å². The zero-order valence-electron chi connectivity index (χ0n) is 15.0. The van der Waals surface area contributed by atoms with E-state index in [4.69, 9.17) is 11.6 Å².